The van der Waals surface area contributed by atoms with E-state index in [9.17, 15) is 14.0 Å². The molecule has 0 unspecified atom stereocenters. The van der Waals surface area contributed by atoms with Gasteiger partial charge in [-0.05, 0) is 38.1 Å². The number of nitrogens with one attached hydrogen (secondary N) is 1. The van der Waals surface area contributed by atoms with E-state index in [0.717, 1.165) is 11.4 Å². The average Bonchev–Trinajstić information content (AvgIpc) is 2.98. The SMILES string of the molecule is Cc1cc(C)n(-c2ccc(=O)n(CCNC(=O)Cc3c(F)cccc3Cl)n2)n1. The highest BCUT2D eigenvalue weighted by Crippen LogP contribution is 2.19. The van der Waals surface area contributed by atoms with Crippen LogP contribution >= 0.6 is 11.6 Å². The molecule has 0 aliphatic rings. The van der Waals surface area contributed by atoms with Crippen LogP contribution in [0.3, 0.4) is 0 Å². The van der Waals surface area contributed by atoms with Gasteiger partial charge in [-0.3, -0.25) is 9.59 Å². The lowest BCUT2D eigenvalue weighted by Crippen LogP contribution is -2.33. The number of hydrogen-bond acceptors (Lipinski definition) is 4. The first-order valence-electron chi connectivity index (χ1n) is 8.66. The molecule has 1 aromatic carbocycles. The van der Waals surface area contributed by atoms with Crippen LogP contribution in [0.4, 0.5) is 4.39 Å². The number of carbonyl (C=O) groups is 1. The second-order valence-electron chi connectivity index (χ2n) is 6.32. The molecule has 0 saturated carbocycles. The highest BCUT2D eigenvalue weighted by molar-refractivity contribution is 6.31. The van der Waals surface area contributed by atoms with Gasteiger partial charge in [-0.2, -0.15) is 5.10 Å². The minimum Gasteiger partial charge on any atom is -0.354 e. The van der Waals surface area contributed by atoms with Crippen molar-refractivity contribution in [2.24, 2.45) is 0 Å². The van der Waals surface area contributed by atoms with Gasteiger partial charge in [0.1, 0.15) is 5.82 Å². The fraction of sp³-hybridized carbons (Fsp3) is 0.263. The molecule has 2 aromatic heterocycles. The van der Waals surface area contributed by atoms with Crippen LogP contribution in [0.2, 0.25) is 5.02 Å². The average molecular weight is 404 g/mol. The van der Waals surface area contributed by atoms with Crippen molar-refractivity contribution in [3.05, 3.63) is 74.5 Å². The lowest BCUT2D eigenvalue weighted by atomic mass is 10.1. The number of aryl methyl sites for hydroxylation is 2. The molecule has 0 aliphatic heterocycles. The number of hydrogen-bond donors (Lipinski definition) is 1. The van der Waals surface area contributed by atoms with Crippen molar-refractivity contribution in [2.45, 2.75) is 26.8 Å². The molecule has 0 saturated heterocycles. The van der Waals surface area contributed by atoms with E-state index in [2.05, 4.69) is 15.5 Å². The van der Waals surface area contributed by atoms with Crippen LogP contribution in [0.15, 0.2) is 41.2 Å². The summed E-state index contributed by atoms with van der Waals surface area (Å²) in [6, 6.07) is 9.17. The maximum Gasteiger partial charge on any atom is 0.266 e. The largest absolute Gasteiger partial charge is 0.354 e. The van der Waals surface area contributed by atoms with Gasteiger partial charge in [0.2, 0.25) is 5.91 Å². The second kappa shape index (κ2) is 8.35. The van der Waals surface area contributed by atoms with Crippen molar-refractivity contribution in [1.29, 1.82) is 0 Å². The molecule has 0 bridgehead atoms. The number of rotatable bonds is 6. The van der Waals surface area contributed by atoms with Crippen molar-refractivity contribution in [1.82, 2.24) is 24.9 Å². The molecule has 0 fully saturated rings. The van der Waals surface area contributed by atoms with Crippen LogP contribution in [-0.2, 0) is 17.8 Å². The van der Waals surface area contributed by atoms with Gasteiger partial charge < -0.3 is 5.32 Å². The van der Waals surface area contributed by atoms with E-state index in [1.54, 1.807) is 10.7 Å². The molecule has 1 N–H and O–H groups in total. The van der Waals surface area contributed by atoms with E-state index in [0.29, 0.717) is 5.82 Å². The smallest absolute Gasteiger partial charge is 0.266 e. The van der Waals surface area contributed by atoms with Gasteiger partial charge in [0.05, 0.1) is 18.7 Å². The summed E-state index contributed by atoms with van der Waals surface area (Å²) in [7, 11) is 0. The molecule has 3 rings (SSSR count). The summed E-state index contributed by atoms with van der Waals surface area (Å²) in [5.41, 5.74) is 1.58. The highest BCUT2D eigenvalue weighted by atomic mass is 35.5. The minimum absolute atomic E-state index is 0.142. The second-order valence-corrected chi connectivity index (χ2v) is 6.73. The highest BCUT2D eigenvalue weighted by Gasteiger charge is 2.12. The zero-order chi connectivity index (χ0) is 20.3. The van der Waals surface area contributed by atoms with E-state index in [1.165, 1.54) is 28.9 Å². The van der Waals surface area contributed by atoms with Crippen molar-refractivity contribution < 1.29 is 9.18 Å². The van der Waals surface area contributed by atoms with E-state index < -0.39 is 11.7 Å². The van der Waals surface area contributed by atoms with E-state index in [-0.39, 0.29) is 35.7 Å². The van der Waals surface area contributed by atoms with E-state index >= 15 is 0 Å². The third-order valence-electron chi connectivity index (χ3n) is 4.12. The van der Waals surface area contributed by atoms with Crippen LogP contribution in [0.5, 0.6) is 0 Å². The van der Waals surface area contributed by atoms with Crippen molar-refractivity contribution >= 4 is 17.5 Å². The third-order valence-corrected chi connectivity index (χ3v) is 4.48. The first-order valence-corrected chi connectivity index (χ1v) is 9.04. The minimum atomic E-state index is -0.530. The Morgan fingerprint density at radius 2 is 2.00 bits per heavy atom. The summed E-state index contributed by atoms with van der Waals surface area (Å²) in [4.78, 5) is 24.1. The molecule has 146 valence electrons. The lowest BCUT2D eigenvalue weighted by Gasteiger charge is -2.10. The van der Waals surface area contributed by atoms with Crippen LogP contribution in [0.25, 0.3) is 5.82 Å². The number of benzene rings is 1. The molecule has 1 amide bonds. The molecule has 2 heterocycles. The lowest BCUT2D eigenvalue weighted by molar-refractivity contribution is -0.120. The van der Waals surface area contributed by atoms with Crippen molar-refractivity contribution in [2.75, 3.05) is 6.54 Å². The van der Waals surface area contributed by atoms with Gasteiger partial charge in [0.15, 0.2) is 5.82 Å². The molecule has 9 heteroatoms. The maximum atomic E-state index is 13.8. The Morgan fingerprint density at radius 1 is 1.21 bits per heavy atom. The van der Waals surface area contributed by atoms with Gasteiger partial charge in [-0.25, -0.2) is 13.8 Å². The summed E-state index contributed by atoms with van der Waals surface area (Å²) in [5.74, 6) is -0.414. The summed E-state index contributed by atoms with van der Waals surface area (Å²) in [5, 5.41) is 11.5. The first kappa shape index (κ1) is 19.8. The predicted molar refractivity (Wildman–Crippen MR) is 103 cm³/mol. The van der Waals surface area contributed by atoms with Gasteiger partial charge in [0.25, 0.3) is 5.56 Å². The predicted octanol–water partition coefficient (Wildman–Crippen LogP) is 2.20. The summed E-state index contributed by atoms with van der Waals surface area (Å²) in [6.07, 6.45) is -0.181. The molecule has 7 nitrogen and oxygen atoms in total. The molecule has 0 radical (unpaired) electrons. The standard InChI is InChI=1S/C19H19ClFN5O2/c1-12-10-13(2)26(23-12)17-6-7-19(28)25(24-17)9-8-22-18(27)11-14-15(20)4-3-5-16(14)21/h3-7,10H,8-9,11H2,1-2H3,(H,22,27). The number of halogens is 2. The van der Waals surface area contributed by atoms with Crippen LogP contribution in [-0.4, -0.2) is 32.0 Å². The Balaban J connectivity index is 1.65. The number of amides is 1. The summed E-state index contributed by atoms with van der Waals surface area (Å²) >= 11 is 5.93. The van der Waals surface area contributed by atoms with E-state index in [4.69, 9.17) is 11.6 Å². The summed E-state index contributed by atoms with van der Waals surface area (Å²) < 4.78 is 16.7. The Bertz CT molecular complexity index is 1060. The number of carbonyl (C=O) groups excluding carboxylic acids is 1. The molecule has 28 heavy (non-hydrogen) atoms. The topological polar surface area (TPSA) is 81.8 Å². The zero-order valence-corrected chi connectivity index (χ0v) is 16.2. The quantitative estimate of drug-likeness (QED) is 0.684. The maximum absolute atomic E-state index is 13.8. The van der Waals surface area contributed by atoms with E-state index in [1.807, 2.05) is 19.9 Å². The molecule has 0 spiro atoms. The van der Waals surface area contributed by atoms with Crippen molar-refractivity contribution in [3.8, 4) is 5.82 Å². The fourth-order valence-corrected chi connectivity index (χ4v) is 3.03. The van der Waals surface area contributed by atoms with Gasteiger partial charge in [-0.15, -0.1) is 5.10 Å². The Labute approximate surface area is 165 Å². The third kappa shape index (κ3) is 4.45. The zero-order valence-electron chi connectivity index (χ0n) is 15.4. The van der Waals surface area contributed by atoms with Gasteiger partial charge in [0, 0.05) is 28.9 Å². The monoisotopic (exact) mass is 403 g/mol. The van der Waals surface area contributed by atoms with Crippen molar-refractivity contribution in [3.63, 3.8) is 0 Å². The number of aromatic nitrogens is 4. The van der Waals surface area contributed by atoms with Gasteiger partial charge >= 0.3 is 0 Å². The van der Waals surface area contributed by atoms with Crippen LogP contribution in [0.1, 0.15) is 17.0 Å². The molecule has 0 aliphatic carbocycles. The van der Waals surface area contributed by atoms with Gasteiger partial charge in [-0.1, -0.05) is 17.7 Å². The Hall–Kier alpha value is -3.00. The molecule has 3 aromatic rings. The van der Waals surface area contributed by atoms with Crippen LogP contribution in [0, 0.1) is 19.7 Å². The Morgan fingerprint density at radius 3 is 2.68 bits per heavy atom. The number of nitrogens with zero attached hydrogens (tertiary/aromatic N) is 4. The normalized spacial score (nSPS) is 10.9. The molecular weight excluding hydrogens is 385 g/mol. The fourth-order valence-electron chi connectivity index (χ4n) is 2.80. The first-order chi connectivity index (χ1) is 13.3. The Kier molecular flexibility index (Phi) is 5.89. The summed E-state index contributed by atoms with van der Waals surface area (Å²) in [6.45, 7) is 4.10. The molecule has 0 atom stereocenters. The van der Waals surface area contributed by atoms with Crippen LogP contribution < -0.4 is 10.9 Å². The molecular formula is C19H19ClFN5O2.